The minimum absolute atomic E-state index is 0. The highest BCUT2D eigenvalue weighted by molar-refractivity contribution is 14.0. The fourth-order valence-corrected chi connectivity index (χ4v) is 2.83. The minimum atomic E-state index is 0. The Morgan fingerprint density at radius 1 is 1.29 bits per heavy atom. The van der Waals surface area contributed by atoms with Crippen LogP contribution in [0.3, 0.4) is 0 Å². The third-order valence-electron chi connectivity index (χ3n) is 4.76. The molecule has 9 nitrogen and oxygen atoms in total. The van der Waals surface area contributed by atoms with Gasteiger partial charge in [0.1, 0.15) is 12.4 Å². The predicted molar refractivity (Wildman–Crippen MR) is 121 cm³/mol. The predicted octanol–water partition coefficient (Wildman–Crippen LogP) is 0.924. The van der Waals surface area contributed by atoms with Crippen LogP contribution in [0.25, 0.3) is 0 Å². The van der Waals surface area contributed by atoms with Crippen LogP contribution in [0, 0.1) is 6.92 Å². The fraction of sp³-hybridized carbons (Fsp3) is 0.833. The highest BCUT2D eigenvalue weighted by Gasteiger charge is 2.17. The van der Waals surface area contributed by atoms with Crippen molar-refractivity contribution in [2.24, 2.45) is 12.0 Å². The molecule has 162 valence electrons. The van der Waals surface area contributed by atoms with Crippen molar-refractivity contribution in [1.82, 2.24) is 30.3 Å². The molecule has 0 aliphatic carbocycles. The minimum Gasteiger partial charge on any atom is -0.382 e. The quantitative estimate of drug-likeness (QED) is 0.210. The van der Waals surface area contributed by atoms with Crippen LogP contribution in [-0.2, 0) is 23.1 Å². The third-order valence-corrected chi connectivity index (χ3v) is 4.76. The zero-order chi connectivity index (χ0) is 19.5. The molecule has 1 atom stereocenters. The molecule has 0 spiro atoms. The summed E-state index contributed by atoms with van der Waals surface area (Å²) in [5.74, 6) is 2.54. The van der Waals surface area contributed by atoms with Crippen molar-refractivity contribution in [3.8, 4) is 0 Å². The van der Waals surface area contributed by atoms with E-state index < -0.39 is 0 Å². The topological polar surface area (TPSA) is 88.8 Å². The molecule has 0 saturated carbocycles. The van der Waals surface area contributed by atoms with Crippen molar-refractivity contribution in [2.45, 2.75) is 39.8 Å². The summed E-state index contributed by atoms with van der Waals surface area (Å²) < 4.78 is 12.8. The van der Waals surface area contributed by atoms with Crippen molar-refractivity contribution in [2.75, 3.05) is 52.6 Å². The standard InChI is InChI=1S/C18H35N7O2.HI/c1-5-26-10-6-7-19-18(21-14-17-23-22-16(3)24(17)4)20-13-15(2)25-8-11-27-12-9-25;/h15H,5-14H2,1-4H3,(H2,19,20,21);1H. The summed E-state index contributed by atoms with van der Waals surface area (Å²) in [4.78, 5) is 7.13. The molecule has 1 unspecified atom stereocenters. The molecule has 1 aromatic heterocycles. The number of nitrogens with one attached hydrogen (secondary N) is 2. The van der Waals surface area contributed by atoms with Gasteiger partial charge < -0.3 is 24.7 Å². The number of nitrogens with zero attached hydrogens (tertiary/aromatic N) is 5. The molecule has 1 aliphatic heterocycles. The zero-order valence-corrected chi connectivity index (χ0v) is 19.9. The van der Waals surface area contributed by atoms with E-state index in [1.54, 1.807) is 0 Å². The number of aliphatic imine (C=N–C) groups is 1. The number of rotatable bonds is 10. The van der Waals surface area contributed by atoms with E-state index in [9.17, 15) is 0 Å². The number of halogens is 1. The van der Waals surface area contributed by atoms with Crippen LogP contribution in [0.1, 0.15) is 31.9 Å². The number of aromatic nitrogens is 3. The Balaban J connectivity index is 0.00000392. The summed E-state index contributed by atoms with van der Waals surface area (Å²) >= 11 is 0. The van der Waals surface area contributed by atoms with Gasteiger partial charge in [0.15, 0.2) is 11.8 Å². The van der Waals surface area contributed by atoms with Crippen molar-refractivity contribution < 1.29 is 9.47 Å². The Labute approximate surface area is 185 Å². The molecule has 10 heteroatoms. The first-order chi connectivity index (χ1) is 13.1. The van der Waals surface area contributed by atoms with Gasteiger partial charge >= 0.3 is 0 Å². The van der Waals surface area contributed by atoms with Gasteiger partial charge in [-0.3, -0.25) is 4.90 Å². The summed E-state index contributed by atoms with van der Waals surface area (Å²) in [5.41, 5.74) is 0. The normalized spacial score (nSPS) is 16.5. The van der Waals surface area contributed by atoms with Crippen LogP contribution in [0.5, 0.6) is 0 Å². The molecule has 0 bridgehead atoms. The monoisotopic (exact) mass is 509 g/mol. The molecular formula is C18H36IN7O2. The summed E-state index contributed by atoms with van der Waals surface area (Å²) in [6, 6.07) is 0.418. The second-order valence-corrected chi connectivity index (χ2v) is 6.74. The number of ether oxygens (including phenoxy) is 2. The first kappa shape index (κ1) is 25.1. The Morgan fingerprint density at radius 3 is 2.68 bits per heavy atom. The average Bonchev–Trinajstić information content (AvgIpc) is 3.01. The average molecular weight is 509 g/mol. The lowest BCUT2D eigenvalue weighted by molar-refractivity contribution is 0.0211. The molecule has 0 amide bonds. The van der Waals surface area contributed by atoms with Crippen LogP contribution in [0.4, 0.5) is 0 Å². The Hall–Kier alpha value is -0.980. The van der Waals surface area contributed by atoms with E-state index in [0.717, 1.165) is 76.6 Å². The number of aryl methyl sites for hydroxylation is 1. The molecule has 2 N–H and O–H groups in total. The molecule has 1 aromatic rings. The van der Waals surface area contributed by atoms with E-state index >= 15 is 0 Å². The molecule has 28 heavy (non-hydrogen) atoms. The maximum atomic E-state index is 5.44. The third kappa shape index (κ3) is 8.58. The number of guanidine groups is 1. The van der Waals surface area contributed by atoms with Gasteiger partial charge in [-0.15, -0.1) is 34.2 Å². The van der Waals surface area contributed by atoms with Crippen molar-refractivity contribution >= 4 is 29.9 Å². The van der Waals surface area contributed by atoms with Gasteiger partial charge in [0.25, 0.3) is 0 Å². The number of morpholine rings is 1. The van der Waals surface area contributed by atoms with Crippen LogP contribution in [0.2, 0.25) is 0 Å². The molecule has 0 aromatic carbocycles. The summed E-state index contributed by atoms with van der Waals surface area (Å²) in [7, 11) is 1.96. The molecule has 1 fully saturated rings. The molecular weight excluding hydrogens is 473 g/mol. The fourth-order valence-electron chi connectivity index (χ4n) is 2.83. The van der Waals surface area contributed by atoms with Gasteiger partial charge in [0, 0.05) is 52.5 Å². The summed E-state index contributed by atoms with van der Waals surface area (Å²) in [6.45, 7) is 13.4. The highest BCUT2D eigenvalue weighted by atomic mass is 127. The smallest absolute Gasteiger partial charge is 0.191 e. The maximum Gasteiger partial charge on any atom is 0.191 e. The number of hydrogen-bond acceptors (Lipinski definition) is 6. The van der Waals surface area contributed by atoms with Crippen LogP contribution in [0.15, 0.2) is 4.99 Å². The lowest BCUT2D eigenvalue weighted by Gasteiger charge is -2.32. The van der Waals surface area contributed by atoms with Gasteiger partial charge in [-0.1, -0.05) is 0 Å². The van der Waals surface area contributed by atoms with E-state index in [4.69, 9.17) is 14.5 Å². The van der Waals surface area contributed by atoms with E-state index in [-0.39, 0.29) is 24.0 Å². The molecule has 1 aliphatic rings. The summed E-state index contributed by atoms with van der Waals surface area (Å²) in [5, 5.41) is 15.1. The first-order valence-electron chi connectivity index (χ1n) is 9.88. The van der Waals surface area contributed by atoms with E-state index in [1.165, 1.54) is 0 Å². The van der Waals surface area contributed by atoms with Gasteiger partial charge in [-0.2, -0.15) is 0 Å². The SMILES string of the molecule is CCOCCCNC(=NCc1nnc(C)n1C)NCC(C)N1CCOCC1.I. The largest absolute Gasteiger partial charge is 0.382 e. The van der Waals surface area contributed by atoms with Crippen LogP contribution < -0.4 is 10.6 Å². The van der Waals surface area contributed by atoms with Gasteiger partial charge in [-0.05, 0) is 27.2 Å². The van der Waals surface area contributed by atoms with Crippen molar-refractivity contribution in [3.63, 3.8) is 0 Å². The Morgan fingerprint density at radius 2 is 2.04 bits per heavy atom. The second-order valence-electron chi connectivity index (χ2n) is 6.74. The van der Waals surface area contributed by atoms with Crippen LogP contribution >= 0.6 is 24.0 Å². The Bertz CT molecular complexity index is 576. The van der Waals surface area contributed by atoms with Gasteiger partial charge in [-0.25, -0.2) is 4.99 Å². The van der Waals surface area contributed by atoms with E-state index in [0.29, 0.717) is 12.6 Å². The molecule has 2 heterocycles. The molecule has 0 radical (unpaired) electrons. The Kier molecular flexibility index (Phi) is 12.6. The maximum absolute atomic E-state index is 5.44. The van der Waals surface area contributed by atoms with E-state index in [2.05, 4.69) is 32.7 Å². The molecule has 2 rings (SSSR count). The molecule has 1 saturated heterocycles. The number of hydrogen-bond donors (Lipinski definition) is 2. The second kappa shape index (κ2) is 14.1. The van der Waals surface area contributed by atoms with Crippen molar-refractivity contribution in [1.29, 1.82) is 0 Å². The van der Waals surface area contributed by atoms with E-state index in [1.807, 2.05) is 25.5 Å². The highest BCUT2D eigenvalue weighted by Crippen LogP contribution is 2.03. The van der Waals surface area contributed by atoms with Gasteiger partial charge in [0.05, 0.1) is 13.2 Å². The lowest BCUT2D eigenvalue weighted by Crippen LogP contribution is -2.49. The zero-order valence-electron chi connectivity index (χ0n) is 17.6. The van der Waals surface area contributed by atoms with Crippen LogP contribution in [-0.4, -0.2) is 84.3 Å². The first-order valence-corrected chi connectivity index (χ1v) is 9.88. The van der Waals surface area contributed by atoms with Gasteiger partial charge in [0.2, 0.25) is 0 Å². The lowest BCUT2D eigenvalue weighted by atomic mass is 10.2. The summed E-state index contributed by atoms with van der Waals surface area (Å²) in [6.07, 6.45) is 0.941. The van der Waals surface area contributed by atoms with Crippen molar-refractivity contribution in [3.05, 3.63) is 11.6 Å².